The topological polar surface area (TPSA) is 88.5 Å². The quantitative estimate of drug-likeness (QED) is 0.794. The van der Waals surface area contributed by atoms with Gasteiger partial charge in [-0.15, -0.1) is 11.3 Å². The second kappa shape index (κ2) is 7.84. The van der Waals surface area contributed by atoms with Crippen molar-refractivity contribution in [1.82, 2.24) is 10.3 Å². The Morgan fingerprint density at radius 3 is 2.56 bits per heavy atom. The third-order valence-electron chi connectivity index (χ3n) is 3.55. The van der Waals surface area contributed by atoms with Gasteiger partial charge in [0.05, 0.1) is 11.7 Å². The number of hydrogen-bond acceptors (Lipinski definition) is 5. The Morgan fingerprint density at radius 2 is 2.00 bits per heavy atom. The minimum Gasteiger partial charge on any atom is -0.481 e. The Bertz CT molecular complexity index is 806. The predicted molar refractivity (Wildman–Crippen MR) is 96.6 cm³/mol. The van der Waals surface area contributed by atoms with Gasteiger partial charge in [-0.2, -0.15) is 0 Å². The molecular formula is C17H19ClN2O4S. The van der Waals surface area contributed by atoms with Gasteiger partial charge in [0, 0.05) is 5.02 Å². The van der Waals surface area contributed by atoms with Crippen molar-refractivity contribution in [3.05, 3.63) is 44.4 Å². The number of ether oxygens (including phenoxy) is 1. The number of halogens is 1. The Hall–Kier alpha value is -2.12. The van der Waals surface area contributed by atoms with Gasteiger partial charge in [-0.1, -0.05) is 11.6 Å². The number of aromatic carboxylic acids is 1. The van der Waals surface area contributed by atoms with E-state index in [0.717, 1.165) is 16.9 Å². The molecule has 0 aliphatic carbocycles. The highest BCUT2D eigenvalue weighted by atomic mass is 35.5. The van der Waals surface area contributed by atoms with Crippen molar-refractivity contribution in [2.24, 2.45) is 0 Å². The molecule has 0 saturated heterocycles. The molecule has 25 heavy (non-hydrogen) atoms. The molecule has 0 saturated carbocycles. The predicted octanol–water partition coefficient (Wildman–Crippen LogP) is 3.76. The summed E-state index contributed by atoms with van der Waals surface area (Å²) in [7, 11) is 0. The molecule has 0 fully saturated rings. The molecule has 2 unspecified atom stereocenters. The fraction of sp³-hybridized carbons (Fsp3) is 0.353. The van der Waals surface area contributed by atoms with Crippen molar-refractivity contribution in [2.45, 2.75) is 39.8 Å². The van der Waals surface area contributed by atoms with Crippen molar-refractivity contribution in [3.63, 3.8) is 0 Å². The standard InChI is InChI=1S/C17H19ClN2O4S/c1-8-7-12(5-6-13(8)18)24-11(4)15(21)19-10(3)16-20-9(2)14(25-16)17(22)23/h5-7,10-11H,1-4H3,(H,19,21)(H,22,23). The number of aromatic nitrogens is 1. The molecule has 1 aromatic carbocycles. The van der Waals surface area contributed by atoms with Gasteiger partial charge in [-0.3, -0.25) is 4.79 Å². The summed E-state index contributed by atoms with van der Waals surface area (Å²) < 4.78 is 5.63. The number of carboxylic acids is 1. The van der Waals surface area contributed by atoms with Crippen molar-refractivity contribution in [3.8, 4) is 5.75 Å². The lowest BCUT2D eigenvalue weighted by Crippen LogP contribution is -2.37. The van der Waals surface area contributed by atoms with Gasteiger partial charge in [-0.25, -0.2) is 9.78 Å². The molecule has 0 radical (unpaired) electrons. The maximum absolute atomic E-state index is 12.3. The summed E-state index contributed by atoms with van der Waals surface area (Å²) >= 11 is 7.03. The zero-order valence-electron chi connectivity index (χ0n) is 14.3. The van der Waals surface area contributed by atoms with Crippen LogP contribution in [0.1, 0.15) is 45.8 Å². The maximum atomic E-state index is 12.3. The normalized spacial score (nSPS) is 13.2. The fourth-order valence-corrected chi connectivity index (χ4v) is 3.17. The Balaban J connectivity index is 2.01. The van der Waals surface area contributed by atoms with Gasteiger partial charge in [0.25, 0.3) is 5.91 Å². The molecule has 2 atom stereocenters. The molecule has 1 heterocycles. The van der Waals surface area contributed by atoms with E-state index in [-0.39, 0.29) is 10.8 Å². The molecule has 1 amide bonds. The highest BCUT2D eigenvalue weighted by Crippen LogP contribution is 2.24. The van der Waals surface area contributed by atoms with E-state index in [1.54, 1.807) is 39.0 Å². The summed E-state index contributed by atoms with van der Waals surface area (Å²) in [6.45, 7) is 6.88. The van der Waals surface area contributed by atoms with Crippen LogP contribution in [-0.4, -0.2) is 28.1 Å². The van der Waals surface area contributed by atoms with Crippen LogP contribution in [0.5, 0.6) is 5.75 Å². The second-order valence-electron chi connectivity index (χ2n) is 5.67. The van der Waals surface area contributed by atoms with E-state index in [9.17, 15) is 9.59 Å². The number of carboxylic acid groups (broad SMARTS) is 1. The van der Waals surface area contributed by atoms with E-state index in [1.165, 1.54) is 0 Å². The summed E-state index contributed by atoms with van der Waals surface area (Å²) in [6, 6.07) is 4.76. The van der Waals surface area contributed by atoms with Crippen LogP contribution in [0, 0.1) is 13.8 Å². The molecule has 0 aliphatic heterocycles. The van der Waals surface area contributed by atoms with Crippen LogP contribution in [0.2, 0.25) is 5.02 Å². The van der Waals surface area contributed by atoms with E-state index in [4.69, 9.17) is 21.4 Å². The average Bonchev–Trinajstić information content (AvgIpc) is 2.93. The fourth-order valence-electron chi connectivity index (χ4n) is 2.14. The lowest BCUT2D eigenvalue weighted by molar-refractivity contribution is -0.127. The van der Waals surface area contributed by atoms with E-state index in [1.807, 2.05) is 6.92 Å². The number of thiazole rings is 1. The van der Waals surface area contributed by atoms with Gasteiger partial charge in [0.15, 0.2) is 6.10 Å². The number of nitrogens with one attached hydrogen (secondary N) is 1. The number of amides is 1. The maximum Gasteiger partial charge on any atom is 0.347 e. The van der Waals surface area contributed by atoms with Crippen LogP contribution >= 0.6 is 22.9 Å². The van der Waals surface area contributed by atoms with Crippen molar-refractivity contribution < 1.29 is 19.4 Å². The van der Waals surface area contributed by atoms with Crippen LogP contribution in [0.15, 0.2) is 18.2 Å². The number of carbonyl (C=O) groups is 2. The molecule has 1 aromatic heterocycles. The first-order valence-corrected chi connectivity index (χ1v) is 8.82. The summed E-state index contributed by atoms with van der Waals surface area (Å²) in [5.74, 6) is -0.783. The molecule has 2 aromatic rings. The molecule has 6 nitrogen and oxygen atoms in total. The minimum absolute atomic E-state index is 0.178. The monoisotopic (exact) mass is 382 g/mol. The number of carbonyl (C=O) groups excluding carboxylic acids is 1. The van der Waals surface area contributed by atoms with E-state index < -0.39 is 18.1 Å². The second-order valence-corrected chi connectivity index (χ2v) is 7.11. The van der Waals surface area contributed by atoms with Crippen LogP contribution in [0.4, 0.5) is 0 Å². The minimum atomic E-state index is -1.02. The third kappa shape index (κ3) is 4.70. The molecule has 0 aliphatic rings. The Labute approximate surface area is 154 Å². The van der Waals surface area contributed by atoms with Crippen LogP contribution in [0.3, 0.4) is 0 Å². The van der Waals surface area contributed by atoms with Crippen molar-refractivity contribution >= 4 is 34.8 Å². The third-order valence-corrected chi connectivity index (χ3v) is 5.30. The largest absolute Gasteiger partial charge is 0.481 e. The van der Waals surface area contributed by atoms with Gasteiger partial charge in [0.2, 0.25) is 0 Å². The molecule has 8 heteroatoms. The number of aryl methyl sites for hydroxylation is 2. The Kier molecular flexibility index (Phi) is 6.02. The summed E-state index contributed by atoms with van der Waals surface area (Å²) in [6.07, 6.45) is -0.719. The summed E-state index contributed by atoms with van der Waals surface area (Å²) in [5, 5.41) is 13.0. The molecular weight excluding hydrogens is 364 g/mol. The van der Waals surface area contributed by atoms with Gasteiger partial charge in [-0.05, 0) is 51.5 Å². The highest BCUT2D eigenvalue weighted by molar-refractivity contribution is 7.13. The molecule has 134 valence electrons. The molecule has 0 bridgehead atoms. The summed E-state index contributed by atoms with van der Waals surface area (Å²) in [4.78, 5) is 27.8. The van der Waals surface area contributed by atoms with Crippen molar-refractivity contribution in [2.75, 3.05) is 0 Å². The first-order chi connectivity index (χ1) is 11.7. The van der Waals surface area contributed by atoms with Gasteiger partial charge in [0.1, 0.15) is 15.6 Å². The number of rotatable bonds is 6. The average molecular weight is 383 g/mol. The number of nitrogens with zero attached hydrogens (tertiary/aromatic N) is 1. The molecule has 0 spiro atoms. The van der Waals surface area contributed by atoms with Crippen LogP contribution in [-0.2, 0) is 4.79 Å². The van der Waals surface area contributed by atoms with Crippen LogP contribution in [0.25, 0.3) is 0 Å². The zero-order chi connectivity index (χ0) is 18.7. The summed E-state index contributed by atoms with van der Waals surface area (Å²) in [5.41, 5.74) is 1.30. The van der Waals surface area contributed by atoms with E-state index >= 15 is 0 Å². The highest BCUT2D eigenvalue weighted by Gasteiger charge is 2.22. The lowest BCUT2D eigenvalue weighted by atomic mass is 10.2. The van der Waals surface area contributed by atoms with Crippen LogP contribution < -0.4 is 10.1 Å². The number of hydrogen-bond donors (Lipinski definition) is 2. The van der Waals surface area contributed by atoms with E-state index in [0.29, 0.717) is 21.5 Å². The number of benzene rings is 1. The van der Waals surface area contributed by atoms with E-state index in [2.05, 4.69) is 10.3 Å². The zero-order valence-corrected chi connectivity index (χ0v) is 15.9. The molecule has 2 rings (SSSR count). The molecule has 2 N–H and O–H groups in total. The lowest BCUT2D eigenvalue weighted by Gasteiger charge is -2.18. The van der Waals surface area contributed by atoms with Gasteiger partial charge >= 0.3 is 5.97 Å². The Morgan fingerprint density at radius 1 is 1.32 bits per heavy atom. The first kappa shape index (κ1) is 19.2. The first-order valence-electron chi connectivity index (χ1n) is 7.62. The van der Waals surface area contributed by atoms with Crippen molar-refractivity contribution in [1.29, 1.82) is 0 Å². The van der Waals surface area contributed by atoms with Gasteiger partial charge < -0.3 is 15.2 Å². The SMILES string of the molecule is Cc1cc(OC(C)C(=O)NC(C)c2nc(C)c(C(=O)O)s2)ccc1Cl. The smallest absolute Gasteiger partial charge is 0.347 e.